The lowest BCUT2D eigenvalue weighted by atomic mass is 9.99. The van der Waals surface area contributed by atoms with Gasteiger partial charge in [-0.3, -0.25) is 9.59 Å². The molecule has 4 aromatic rings. The largest absolute Gasteiger partial charge is 0.455 e. The number of H-pyrrole nitrogens is 1. The van der Waals surface area contributed by atoms with E-state index in [2.05, 4.69) is 10.3 Å². The summed E-state index contributed by atoms with van der Waals surface area (Å²) in [5.74, 6) is -0.835. The molecule has 0 radical (unpaired) electrons. The highest BCUT2D eigenvalue weighted by Gasteiger charge is 2.18. The van der Waals surface area contributed by atoms with Gasteiger partial charge < -0.3 is 15.0 Å². The fraction of sp³-hybridized carbons (Fsp3) is 0.120. The topological polar surface area (TPSA) is 71.2 Å². The average Bonchev–Trinajstić information content (AvgIpc) is 3.20. The van der Waals surface area contributed by atoms with Gasteiger partial charge in [0, 0.05) is 22.1 Å². The summed E-state index contributed by atoms with van der Waals surface area (Å²) < 4.78 is 5.23. The van der Waals surface area contributed by atoms with Crippen molar-refractivity contribution in [3.05, 3.63) is 107 Å². The van der Waals surface area contributed by atoms with Crippen molar-refractivity contribution >= 4 is 34.4 Å². The zero-order chi connectivity index (χ0) is 21.6. The molecule has 6 heteroatoms. The summed E-state index contributed by atoms with van der Waals surface area (Å²) in [6.07, 6.45) is 1.88. The Balaban J connectivity index is 1.39. The van der Waals surface area contributed by atoms with Gasteiger partial charge in [0.1, 0.15) is 0 Å². The first-order chi connectivity index (χ1) is 15.1. The van der Waals surface area contributed by atoms with Crippen molar-refractivity contribution in [2.24, 2.45) is 0 Å². The highest BCUT2D eigenvalue weighted by Crippen LogP contribution is 2.23. The molecule has 156 valence electrons. The Morgan fingerprint density at radius 3 is 2.35 bits per heavy atom. The van der Waals surface area contributed by atoms with E-state index in [1.54, 1.807) is 18.3 Å². The van der Waals surface area contributed by atoms with Crippen LogP contribution in [0.15, 0.2) is 85.1 Å². The van der Waals surface area contributed by atoms with Crippen molar-refractivity contribution in [1.29, 1.82) is 0 Å². The third-order valence-electron chi connectivity index (χ3n) is 5.02. The Labute approximate surface area is 185 Å². The Bertz CT molecular complexity index is 1190. The van der Waals surface area contributed by atoms with Crippen molar-refractivity contribution < 1.29 is 14.3 Å². The van der Waals surface area contributed by atoms with Crippen LogP contribution in [0.3, 0.4) is 0 Å². The number of carbonyl (C=O) groups excluding carboxylic acids is 2. The van der Waals surface area contributed by atoms with E-state index in [4.69, 9.17) is 16.3 Å². The summed E-state index contributed by atoms with van der Waals surface area (Å²) in [6.45, 7) is -0.349. The number of hydrogen-bond acceptors (Lipinski definition) is 3. The lowest BCUT2D eigenvalue weighted by Gasteiger charge is -2.20. The van der Waals surface area contributed by atoms with Gasteiger partial charge in [-0.1, -0.05) is 72.3 Å². The maximum absolute atomic E-state index is 12.6. The van der Waals surface area contributed by atoms with Crippen LogP contribution in [0, 0.1) is 0 Å². The summed E-state index contributed by atoms with van der Waals surface area (Å²) in [5, 5.41) is 4.53. The molecule has 0 saturated heterocycles. The summed E-state index contributed by atoms with van der Waals surface area (Å²) in [4.78, 5) is 28.0. The second-order valence-corrected chi connectivity index (χ2v) is 7.60. The maximum atomic E-state index is 12.6. The first-order valence-electron chi connectivity index (χ1n) is 9.90. The standard InChI is InChI=1S/C25H21ClN2O3/c26-20-12-10-18(11-13-20)25(17-6-2-1-3-7-17)28-23(29)16-31-24(30)14-19-15-27-22-9-5-4-8-21(19)22/h1-13,15,25,27H,14,16H2,(H,28,29). The van der Waals surface area contributed by atoms with E-state index in [0.29, 0.717) is 5.02 Å². The number of benzene rings is 3. The van der Waals surface area contributed by atoms with Crippen molar-refractivity contribution in [3.63, 3.8) is 0 Å². The number of nitrogens with one attached hydrogen (secondary N) is 2. The van der Waals surface area contributed by atoms with E-state index in [-0.39, 0.29) is 25.0 Å². The molecular formula is C25H21ClN2O3. The summed E-state index contributed by atoms with van der Waals surface area (Å²) in [6, 6.07) is 24.2. The van der Waals surface area contributed by atoms with E-state index in [0.717, 1.165) is 27.6 Å². The lowest BCUT2D eigenvalue weighted by molar-refractivity contribution is -0.148. The number of aromatic nitrogens is 1. The van der Waals surface area contributed by atoms with Gasteiger partial charge in [-0.2, -0.15) is 0 Å². The smallest absolute Gasteiger partial charge is 0.310 e. The van der Waals surface area contributed by atoms with Gasteiger partial charge in [0.15, 0.2) is 6.61 Å². The van der Waals surface area contributed by atoms with Gasteiger partial charge in [-0.25, -0.2) is 0 Å². The Kier molecular flexibility index (Phi) is 6.34. The number of esters is 1. The molecule has 1 heterocycles. The normalized spacial score (nSPS) is 11.8. The Hall–Kier alpha value is -3.57. The van der Waals surface area contributed by atoms with Crippen LogP contribution in [0.4, 0.5) is 0 Å². The number of ether oxygens (including phenoxy) is 1. The maximum Gasteiger partial charge on any atom is 0.310 e. The van der Waals surface area contributed by atoms with E-state index >= 15 is 0 Å². The van der Waals surface area contributed by atoms with Gasteiger partial charge in [0.05, 0.1) is 12.5 Å². The Morgan fingerprint density at radius 2 is 1.58 bits per heavy atom. The average molecular weight is 433 g/mol. The second kappa shape index (κ2) is 9.49. The predicted molar refractivity (Wildman–Crippen MR) is 121 cm³/mol. The van der Waals surface area contributed by atoms with E-state index in [1.165, 1.54) is 0 Å². The molecule has 1 amide bonds. The van der Waals surface area contributed by atoms with Gasteiger partial charge in [-0.15, -0.1) is 0 Å². The molecule has 31 heavy (non-hydrogen) atoms. The van der Waals surface area contributed by atoms with Crippen molar-refractivity contribution in [1.82, 2.24) is 10.3 Å². The molecule has 5 nitrogen and oxygen atoms in total. The minimum absolute atomic E-state index is 0.0938. The molecule has 0 saturated carbocycles. The van der Waals surface area contributed by atoms with E-state index < -0.39 is 5.97 Å². The monoisotopic (exact) mass is 432 g/mol. The number of fused-ring (bicyclic) bond motifs is 1. The first kappa shape index (κ1) is 20.7. The van der Waals surface area contributed by atoms with Gasteiger partial charge >= 0.3 is 5.97 Å². The fourth-order valence-corrected chi connectivity index (χ4v) is 3.62. The van der Waals surface area contributed by atoms with Gasteiger partial charge in [-0.05, 0) is 34.9 Å². The van der Waals surface area contributed by atoms with E-state index in [9.17, 15) is 9.59 Å². The molecule has 1 atom stereocenters. The Morgan fingerprint density at radius 1 is 0.903 bits per heavy atom. The first-order valence-corrected chi connectivity index (χ1v) is 10.3. The molecule has 0 spiro atoms. The predicted octanol–water partition coefficient (Wildman–Crippen LogP) is 4.81. The number of amides is 1. The van der Waals surface area contributed by atoms with Gasteiger partial charge in [0.2, 0.25) is 0 Å². The highest BCUT2D eigenvalue weighted by molar-refractivity contribution is 6.30. The molecule has 1 unspecified atom stereocenters. The van der Waals surface area contributed by atoms with Crippen LogP contribution in [0.1, 0.15) is 22.7 Å². The number of aromatic amines is 1. The van der Waals surface area contributed by atoms with Crippen molar-refractivity contribution in [2.75, 3.05) is 6.61 Å². The van der Waals surface area contributed by atoms with Crippen LogP contribution in [-0.2, 0) is 20.7 Å². The number of hydrogen-bond donors (Lipinski definition) is 2. The molecule has 0 bridgehead atoms. The zero-order valence-electron chi connectivity index (χ0n) is 16.7. The van der Waals surface area contributed by atoms with Crippen LogP contribution >= 0.6 is 11.6 Å². The van der Waals surface area contributed by atoms with Crippen molar-refractivity contribution in [2.45, 2.75) is 12.5 Å². The molecule has 3 aromatic carbocycles. The summed E-state index contributed by atoms with van der Waals surface area (Å²) in [5.41, 5.74) is 3.60. The number of carbonyl (C=O) groups is 2. The lowest BCUT2D eigenvalue weighted by Crippen LogP contribution is -2.33. The van der Waals surface area contributed by atoms with E-state index in [1.807, 2.05) is 66.7 Å². The molecule has 1 aromatic heterocycles. The molecule has 0 aliphatic carbocycles. The third-order valence-corrected chi connectivity index (χ3v) is 5.27. The van der Waals surface area contributed by atoms with Crippen LogP contribution in [0.25, 0.3) is 10.9 Å². The zero-order valence-corrected chi connectivity index (χ0v) is 17.4. The minimum Gasteiger partial charge on any atom is -0.455 e. The highest BCUT2D eigenvalue weighted by atomic mass is 35.5. The van der Waals surface area contributed by atoms with Crippen LogP contribution in [0.2, 0.25) is 5.02 Å². The molecule has 0 aliphatic rings. The van der Waals surface area contributed by atoms with Crippen LogP contribution < -0.4 is 5.32 Å². The van der Waals surface area contributed by atoms with Crippen molar-refractivity contribution in [3.8, 4) is 0 Å². The number of para-hydroxylation sites is 1. The molecule has 0 aliphatic heterocycles. The number of rotatable bonds is 7. The van der Waals surface area contributed by atoms with Crippen LogP contribution in [0.5, 0.6) is 0 Å². The van der Waals surface area contributed by atoms with Crippen LogP contribution in [-0.4, -0.2) is 23.5 Å². The summed E-state index contributed by atoms with van der Waals surface area (Å²) in [7, 11) is 0. The molecular weight excluding hydrogens is 412 g/mol. The SMILES string of the molecule is O=C(COC(=O)Cc1c[nH]c2ccccc12)NC(c1ccccc1)c1ccc(Cl)cc1. The minimum atomic E-state index is -0.456. The fourth-order valence-electron chi connectivity index (χ4n) is 3.49. The quantitative estimate of drug-likeness (QED) is 0.411. The molecule has 2 N–H and O–H groups in total. The number of halogens is 1. The third kappa shape index (κ3) is 5.13. The summed E-state index contributed by atoms with van der Waals surface area (Å²) >= 11 is 6.00. The molecule has 0 fully saturated rings. The van der Waals surface area contributed by atoms with Gasteiger partial charge in [0.25, 0.3) is 5.91 Å². The molecule has 4 rings (SSSR count). The second-order valence-electron chi connectivity index (χ2n) is 7.16.